The van der Waals surface area contributed by atoms with Gasteiger partial charge in [0, 0.05) is 25.7 Å². The summed E-state index contributed by atoms with van der Waals surface area (Å²) in [5, 5.41) is 0. The predicted octanol–water partition coefficient (Wildman–Crippen LogP) is -0.599. The van der Waals surface area contributed by atoms with Gasteiger partial charge in [-0.3, -0.25) is 0 Å². The predicted molar refractivity (Wildman–Crippen MR) is 65.2 cm³/mol. The SMILES string of the molecule is CCOCCS(=O)(=O)N1CCOC(C(C)N)C1. The van der Waals surface area contributed by atoms with Crippen LogP contribution in [0.2, 0.25) is 0 Å². The van der Waals surface area contributed by atoms with Gasteiger partial charge in [-0.2, -0.15) is 4.31 Å². The lowest BCUT2D eigenvalue weighted by atomic mass is 10.2. The lowest BCUT2D eigenvalue weighted by Gasteiger charge is -2.33. The molecule has 2 atom stereocenters. The lowest BCUT2D eigenvalue weighted by molar-refractivity contribution is -0.0121. The summed E-state index contributed by atoms with van der Waals surface area (Å²) in [5.74, 6) is 0.0203. The zero-order valence-corrected chi connectivity index (χ0v) is 11.3. The van der Waals surface area contributed by atoms with E-state index in [9.17, 15) is 8.42 Å². The summed E-state index contributed by atoms with van der Waals surface area (Å²) in [6.45, 7) is 5.57. The fourth-order valence-electron chi connectivity index (χ4n) is 1.66. The maximum Gasteiger partial charge on any atom is 0.216 e. The Balaban J connectivity index is 2.52. The number of morpholine rings is 1. The van der Waals surface area contributed by atoms with Crippen LogP contribution in [0.1, 0.15) is 13.8 Å². The first kappa shape index (κ1) is 14.8. The van der Waals surface area contributed by atoms with Crippen LogP contribution in [-0.2, 0) is 19.5 Å². The van der Waals surface area contributed by atoms with Crippen LogP contribution in [0.3, 0.4) is 0 Å². The Bertz CT molecular complexity index is 318. The number of rotatable bonds is 6. The molecule has 0 aromatic carbocycles. The van der Waals surface area contributed by atoms with E-state index in [4.69, 9.17) is 15.2 Å². The number of nitrogens with two attached hydrogens (primary N) is 1. The zero-order valence-electron chi connectivity index (χ0n) is 10.5. The summed E-state index contributed by atoms with van der Waals surface area (Å²) in [7, 11) is -3.25. The minimum atomic E-state index is -3.25. The molecule has 0 bridgehead atoms. The van der Waals surface area contributed by atoms with Crippen molar-refractivity contribution in [2.75, 3.05) is 38.7 Å². The van der Waals surface area contributed by atoms with Gasteiger partial charge < -0.3 is 15.2 Å². The van der Waals surface area contributed by atoms with Crippen LogP contribution >= 0.6 is 0 Å². The Hall–Kier alpha value is -0.210. The highest BCUT2D eigenvalue weighted by Crippen LogP contribution is 2.12. The summed E-state index contributed by atoms with van der Waals surface area (Å²) in [4.78, 5) is 0. The molecule has 0 aromatic rings. The van der Waals surface area contributed by atoms with Crippen LogP contribution in [0.4, 0.5) is 0 Å². The van der Waals surface area contributed by atoms with Gasteiger partial charge in [0.15, 0.2) is 0 Å². The van der Waals surface area contributed by atoms with Crippen molar-refractivity contribution in [1.29, 1.82) is 0 Å². The molecule has 1 saturated heterocycles. The van der Waals surface area contributed by atoms with Crippen LogP contribution < -0.4 is 5.73 Å². The van der Waals surface area contributed by atoms with E-state index in [1.54, 1.807) is 0 Å². The normalized spacial score (nSPS) is 24.8. The number of hydrogen-bond donors (Lipinski definition) is 1. The highest BCUT2D eigenvalue weighted by atomic mass is 32.2. The topological polar surface area (TPSA) is 81.9 Å². The number of sulfonamides is 1. The molecule has 17 heavy (non-hydrogen) atoms. The van der Waals surface area contributed by atoms with Crippen molar-refractivity contribution in [2.45, 2.75) is 26.0 Å². The largest absolute Gasteiger partial charge is 0.381 e. The lowest BCUT2D eigenvalue weighted by Crippen LogP contribution is -2.52. The standard InChI is InChI=1S/C10H22N2O4S/c1-3-15-6-7-17(13,14)12-4-5-16-10(8-12)9(2)11/h9-10H,3-8,11H2,1-2H3. The first-order valence-corrected chi connectivity index (χ1v) is 7.51. The average Bonchev–Trinajstić information content (AvgIpc) is 2.29. The van der Waals surface area contributed by atoms with Crippen molar-refractivity contribution >= 4 is 10.0 Å². The maximum absolute atomic E-state index is 12.0. The maximum atomic E-state index is 12.0. The van der Waals surface area contributed by atoms with Crippen molar-refractivity contribution < 1.29 is 17.9 Å². The monoisotopic (exact) mass is 266 g/mol. The Morgan fingerprint density at radius 1 is 1.59 bits per heavy atom. The minimum Gasteiger partial charge on any atom is -0.381 e. The Kier molecular flexibility index (Phi) is 5.81. The molecular weight excluding hydrogens is 244 g/mol. The third-order valence-electron chi connectivity index (χ3n) is 2.73. The molecule has 7 heteroatoms. The van der Waals surface area contributed by atoms with Crippen LogP contribution in [-0.4, -0.2) is 63.5 Å². The van der Waals surface area contributed by atoms with Gasteiger partial charge in [0.25, 0.3) is 0 Å². The molecule has 1 rings (SSSR count). The molecule has 1 heterocycles. The van der Waals surface area contributed by atoms with Crippen molar-refractivity contribution in [3.8, 4) is 0 Å². The molecule has 2 N–H and O–H groups in total. The molecule has 1 fully saturated rings. The summed E-state index contributed by atoms with van der Waals surface area (Å²) in [6, 6.07) is -0.167. The van der Waals surface area contributed by atoms with Gasteiger partial charge in [0.05, 0.1) is 25.1 Å². The quantitative estimate of drug-likeness (QED) is 0.649. The molecular formula is C10H22N2O4S. The molecule has 0 radical (unpaired) electrons. The van der Waals surface area contributed by atoms with E-state index in [0.29, 0.717) is 26.3 Å². The first-order valence-electron chi connectivity index (χ1n) is 5.90. The number of nitrogens with zero attached hydrogens (tertiary/aromatic N) is 1. The van der Waals surface area contributed by atoms with Crippen molar-refractivity contribution in [2.24, 2.45) is 5.73 Å². The third-order valence-corrected chi connectivity index (χ3v) is 4.53. The molecule has 2 unspecified atom stereocenters. The van der Waals surface area contributed by atoms with E-state index >= 15 is 0 Å². The molecule has 0 spiro atoms. The fraction of sp³-hybridized carbons (Fsp3) is 1.00. The molecule has 6 nitrogen and oxygen atoms in total. The average molecular weight is 266 g/mol. The zero-order chi connectivity index (χ0) is 12.9. The Labute approximate surface area is 103 Å². The smallest absolute Gasteiger partial charge is 0.216 e. The van der Waals surface area contributed by atoms with Gasteiger partial charge in [0.2, 0.25) is 10.0 Å². The molecule has 0 aromatic heterocycles. The highest BCUT2D eigenvalue weighted by Gasteiger charge is 2.30. The van der Waals surface area contributed by atoms with Gasteiger partial charge in [-0.1, -0.05) is 0 Å². The number of ether oxygens (including phenoxy) is 2. The van der Waals surface area contributed by atoms with Crippen LogP contribution in [0.5, 0.6) is 0 Å². The van der Waals surface area contributed by atoms with Crippen molar-refractivity contribution in [1.82, 2.24) is 4.31 Å². The highest BCUT2D eigenvalue weighted by molar-refractivity contribution is 7.89. The second-order valence-electron chi connectivity index (χ2n) is 4.14. The Morgan fingerprint density at radius 2 is 2.29 bits per heavy atom. The van der Waals surface area contributed by atoms with Gasteiger partial charge in [-0.15, -0.1) is 0 Å². The van der Waals surface area contributed by atoms with E-state index in [-0.39, 0.29) is 24.5 Å². The summed E-state index contributed by atoms with van der Waals surface area (Å²) in [5.41, 5.74) is 5.72. The molecule has 0 amide bonds. The summed E-state index contributed by atoms with van der Waals surface area (Å²) < 4.78 is 35.9. The van der Waals surface area contributed by atoms with E-state index in [1.807, 2.05) is 13.8 Å². The van der Waals surface area contributed by atoms with E-state index in [1.165, 1.54) is 4.31 Å². The van der Waals surface area contributed by atoms with E-state index < -0.39 is 10.0 Å². The molecule has 1 aliphatic heterocycles. The minimum absolute atomic E-state index is 0.0203. The van der Waals surface area contributed by atoms with Crippen LogP contribution in [0.15, 0.2) is 0 Å². The van der Waals surface area contributed by atoms with Gasteiger partial charge in [-0.05, 0) is 13.8 Å². The second kappa shape index (κ2) is 6.65. The fourth-order valence-corrected chi connectivity index (χ4v) is 2.97. The van der Waals surface area contributed by atoms with Crippen molar-refractivity contribution in [3.05, 3.63) is 0 Å². The molecule has 0 aliphatic carbocycles. The summed E-state index contributed by atoms with van der Waals surface area (Å²) in [6.07, 6.45) is -0.217. The van der Waals surface area contributed by atoms with E-state index in [2.05, 4.69) is 0 Å². The van der Waals surface area contributed by atoms with Crippen molar-refractivity contribution in [3.63, 3.8) is 0 Å². The van der Waals surface area contributed by atoms with Crippen LogP contribution in [0, 0.1) is 0 Å². The van der Waals surface area contributed by atoms with Gasteiger partial charge in [-0.25, -0.2) is 8.42 Å². The molecule has 1 aliphatic rings. The second-order valence-corrected chi connectivity index (χ2v) is 6.23. The van der Waals surface area contributed by atoms with Crippen LogP contribution in [0.25, 0.3) is 0 Å². The third kappa shape index (κ3) is 4.51. The molecule has 0 saturated carbocycles. The molecule has 102 valence electrons. The van der Waals surface area contributed by atoms with Gasteiger partial charge in [0.1, 0.15) is 0 Å². The first-order chi connectivity index (χ1) is 7.97. The van der Waals surface area contributed by atoms with Gasteiger partial charge >= 0.3 is 0 Å². The number of hydrogen-bond acceptors (Lipinski definition) is 5. The van der Waals surface area contributed by atoms with E-state index in [0.717, 1.165) is 0 Å². The summed E-state index contributed by atoms with van der Waals surface area (Å²) >= 11 is 0. The Morgan fingerprint density at radius 3 is 2.88 bits per heavy atom.